The van der Waals surface area contributed by atoms with Crippen LogP contribution < -0.4 is 4.74 Å². The lowest BCUT2D eigenvalue weighted by atomic mass is 10.2. The van der Waals surface area contributed by atoms with E-state index in [9.17, 15) is 19.2 Å². The normalized spacial score (nSPS) is 19.0. The lowest BCUT2D eigenvalue weighted by molar-refractivity contribution is -0.125. The maximum absolute atomic E-state index is 12.8. The molecular formula is C23H18N2O5S2. The van der Waals surface area contributed by atoms with Gasteiger partial charge in [0, 0.05) is 18.7 Å². The van der Waals surface area contributed by atoms with E-state index >= 15 is 0 Å². The Morgan fingerprint density at radius 3 is 1.88 bits per heavy atom. The molecule has 162 valence electrons. The molecule has 32 heavy (non-hydrogen) atoms. The summed E-state index contributed by atoms with van der Waals surface area (Å²) in [4.78, 5) is 52.9. The van der Waals surface area contributed by atoms with Crippen molar-refractivity contribution in [2.45, 2.75) is 0 Å². The van der Waals surface area contributed by atoms with Crippen molar-refractivity contribution in [1.82, 2.24) is 9.80 Å². The van der Waals surface area contributed by atoms with E-state index in [2.05, 4.69) is 0 Å². The summed E-state index contributed by atoms with van der Waals surface area (Å²) in [5, 5.41) is -0.864. The number of para-hydroxylation sites is 1. The third-order valence-electron chi connectivity index (χ3n) is 4.82. The number of carbonyl (C=O) groups excluding carboxylic acids is 4. The lowest BCUT2D eigenvalue weighted by Gasteiger charge is -2.17. The molecule has 4 amide bonds. The fourth-order valence-electron chi connectivity index (χ4n) is 3.21. The van der Waals surface area contributed by atoms with Crippen LogP contribution in [0.1, 0.15) is 11.1 Å². The first-order valence-corrected chi connectivity index (χ1v) is 11.3. The highest BCUT2D eigenvalue weighted by Crippen LogP contribution is 2.35. The SMILES string of the molecule is COc1ccccc1/C=C1\SC(=O)N(CCN2C(=O)S/C(=C\c3ccccc3)C2=O)C1=O. The Labute approximate surface area is 193 Å². The maximum atomic E-state index is 12.8. The molecule has 0 unspecified atom stereocenters. The molecule has 7 nitrogen and oxygen atoms in total. The van der Waals surface area contributed by atoms with E-state index in [1.807, 2.05) is 36.4 Å². The van der Waals surface area contributed by atoms with Crippen LogP contribution >= 0.6 is 23.5 Å². The molecule has 2 aromatic rings. The van der Waals surface area contributed by atoms with Gasteiger partial charge in [0.25, 0.3) is 22.3 Å². The van der Waals surface area contributed by atoms with E-state index in [-0.39, 0.29) is 18.0 Å². The first kappa shape index (κ1) is 21.9. The van der Waals surface area contributed by atoms with E-state index in [0.29, 0.717) is 16.2 Å². The van der Waals surface area contributed by atoms with Crippen molar-refractivity contribution in [2.75, 3.05) is 20.2 Å². The second-order valence-electron chi connectivity index (χ2n) is 6.82. The molecule has 2 aromatic carbocycles. The highest BCUT2D eigenvalue weighted by Gasteiger charge is 2.39. The van der Waals surface area contributed by atoms with Crippen molar-refractivity contribution < 1.29 is 23.9 Å². The van der Waals surface area contributed by atoms with Gasteiger partial charge in [-0.2, -0.15) is 0 Å². The smallest absolute Gasteiger partial charge is 0.293 e. The monoisotopic (exact) mass is 466 g/mol. The van der Waals surface area contributed by atoms with Crippen LogP contribution in [0.15, 0.2) is 64.4 Å². The molecule has 2 fully saturated rings. The number of imide groups is 2. The molecule has 2 saturated heterocycles. The quantitative estimate of drug-likeness (QED) is 0.581. The highest BCUT2D eigenvalue weighted by molar-refractivity contribution is 8.18. The van der Waals surface area contributed by atoms with Gasteiger partial charge < -0.3 is 4.74 Å². The highest BCUT2D eigenvalue weighted by atomic mass is 32.2. The molecule has 9 heteroatoms. The molecule has 0 radical (unpaired) electrons. The summed E-state index contributed by atoms with van der Waals surface area (Å²) in [6.07, 6.45) is 3.26. The number of thioether (sulfide) groups is 2. The molecule has 0 atom stereocenters. The van der Waals surface area contributed by atoms with Crippen molar-refractivity contribution in [1.29, 1.82) is 0 Å². The lowest BCUT2D eigenvalue weighted by Crippen LogP contribution is -2.39. The van der Waals surface area contributed by atoms with Crippen LogP contribution in [0.4, 0.5) is 9.59 Å². The van der Waals surface area contributed by atoms with E-state index in [1.165, 1.54) is 7.11 Å². The van der Waals surface area contributed by atoms with Gasteiger partial charge in [0.2, 0.25) is 0 Å². The summed E-state index contributed by atoms with van der Waals surface area (Å²) >= 11 is 1.67. The minimum atomic E-state index is -0.460. The molecule has 0 saturated carbocycles. The van der Waals surface area contributed by atoms with Gasteiger partial charge in [-0.1, -0.05) is 48.5 Å². The fourth-order valence-corrected chi connectivity index (χ4v) is 4.93. The van der Waals surface area contributed by atoms with Crippen LogP contribution in [0.3, 0.4) is 0 Å². The van der Waals surface area contributed by atoms with Crippen LogP contribution in [0, 0.1) is 0 Å². The van der Waals surface area contributed by atoms with Crippen LogP contribution in [0.25, 0.3) is 12.2 Å². The maximum Gasteiger partial charge on any atom is 0.293 e. The van der Waals surface area contributed by atoms with Crippen molar-refractivity contribution >= 4 is 58.0 Å². The summed E-state index contributed by atoms with van der Waals surface area (Å²) in [6.45, 7) is -0.124. The zero-order chi connectivity index (χ0) is 22.7. The first-order valence-electron chi connectivity index (χ1n) is 9.66. The minimum absolute atomic E-state index is 0.0588. The summed E-state index contributed by atoms with van der Waals surface area (Å²) in [5.41, 5.74) is 1.49. The van der Waals surface area contributed by atoms with Crippen molar-refractivity contribution in [3.63, 3.8) is 0 Å². The van der Waals surface area contributed by atoms with Gasteiger partial charge in [0.1, 0.15) is 5.75 Å². The number of rotatable bonds is 6. The van der Waals surface area contributed by atoms with Gasteiger partial charge in [0.05, 0.1) is 16.9 Å². The molecule has 0 aromatic heterocycles. The third-order valence-corrected chi connectivity index (χ3v) is 6.63. The number of nitrogens with zero attached hydrogens (tertiary/aromatic N) is 2. The molecule has 4 rings (SSSR count). The average Bonchev–Trinajstić information content (AvgIpc) is 3.21. The number of amides is 4. The van der Waals surface area contributed by atoms with E-state index in [1.54, 1.807) is 30.4 Å². The van der Waals surface area contributed by atoms with Crippen LogP contribution in [-0.2, 0) is 9.59 Å². The Morgan fingerprint density at radius 1 is 0.750 bits per heavy atom. The van der Waals surface area contributed by atoms with Gasteiger partial charge in [-0.25, -0.2) is 0 Å². The second kappa shape index (κ2) is 9.46. The van der Waals surface area contributed by atoms with Crippen molar-refractivity contribution in [2.24, 2.45) is 0 Å². The molecule has 0 bridgehead atoms. The summed E-state index contributed by atoms with van der Waals surface area (Å²) in [7, 11) is 1.53. The molecule has 2 aliphatic heterocycles. The van der Waals surface area contributed by atoms with Gasteiger partial charge in [-0.05, 0) is 47.3 Å². The average molecular weight is 467 g/mol. The summed E-state index contributed by atoms with van der Waals surface area (Å²) in [6, 6.07) is 16.4. The Hall–Kier alpha value is -3.30. The number of ether oxygens (including phenoxy) is 1. The van der Waals surface area contributed by atoms with Crippen LogP contribution in [0.5, 0.6) is 5.75 Å². The van der Waals surface area contributed by atoms with Gasteiger partial charge in [-0.15, -0.1) is 0 Å². The number of hydrogen-bond donors (Lipinski definition) is 0. The zero-order valence-corrected chi connectivity index (χ0v) is 18.7. The van der Waals surface area contributed by atoms with E-state index in [0.717, 1.165) is 38.9 Å². The van der Waals surface area contributed by atoms with Crippen molar-refractivity contribution in [3.05, 3.63) is 75.5 Å². The predicted octanol–water partition coefficient (Wildman–Crippen LogP) is 4.47. The number of benzene rings is 2. The fraction of sp³-hybridized carbons (Fsp3) is 0.130. The van der Waals surface area contributed by atoms with Gasteiger partial charge in [0.15, 0.2) is 0 Å². The van der Waals surface area contributed by atoms with Crippen LogP contribution in [-0.4, -0.2) is 52.3 Å². The molecular weight excluding hydrogens is 448 g/mol. The Balaban J connectivity index is 1.45. The minimum Gasteiger partial charge on any atom is -0.496 e. The van der Waals surface area contributed by atoms with Crippen molar-refractivity contribution in [3.8, 4) is 5.75 Å². The Morgan fingerprint density at radius 2 is 1.28 bits per heavy atom. The third kappa shape index (κ3) is 4.49. The van der Waals surface area contributed by atoms with E-state index in [4.69, 9.17) is 4.74 Å². The van der Waals surface area contributed by atoms with Gasteiger partial charge >= 0.3 is 0 Å². The molecule has 0 spiro atoms. The standard InChI is InChI=1S/C23H18N2O5S2/c1-30-17-10-6-5-9-16(17)14-19-21(27)25(23(29)32-19)12-11-24-20(26)18(31-22(24)28)13-15-7-3-2-4-8-15/h2-10,13-14H,11-12H2,1H3/b18-13-,19-14-. The van der Waals surface area contributed by atoms with Crippen LogP contribution in [0.2, 0.25) is 0 Å². The Kier molecular flexibility index (Phi) is 6.48. The summed E-state index contributed by atoms with van der Waals surface area (Å²) < 4.78 is 5.28. The zero-order valence-electron chi connectivity index (χ0n) is 17.0. The molecule has 0 aliphatic carbocycles. The van der Waals surface area contributed by atoms with Gasteiger partial charge in [-0.3, -0.25) is 29.0 Å². The van der Waals surface area contributed by atoms with E-state index < -0.39 is 22.3 Å². The largest absolute Gasteiger partial charge is 0.496 e. The first-order chi connectivity index (χ1) is 15.5. The predicted molar refractivity (Wildman–Crippen MR) is 125 cm³/mol. The molecule has 0 N–H and O–H groups in total. The Bertz CT molecular complexity index is 1160. The number of hydrogen-bond acceptors (Lipinski definition) is 7. The molecule has 2 heterocycles. The summed E-state index contributed by atoms with van der Waals surface area (Å²) in [5.74, 6) is -0.305. The topological polar surface area (TPSA) is 84.0 Å². The molecule has 2 aliphatic rings. The number of carbonyl (C=O) groups is 4. The number of methoxy groups -OCH3 is 1. The second-order valence-corrected chi connectivity index (χ2v) is 8.81.